The van der Waals surface area contributed by atoms with Crippen molar-refractivity contribution >= 4 is 23.2 Å². The minimum atomic E-state index is -0.322. The highest BCUT2D eigenvalue weighted by Gasteiger charge is 2.16. The molecule has 0 aliphatic carbocycles. The molecule has 1 saturated heterocycles. The number of benzene rings is 1. The van der Waals surface area contributed by atoms with Crippen LogP contribution in [0.4, 0.5) is 5.69 Å². The Morgan fingerprint density at radius 1 is 1.22 bits per heavy atom. The fraction of sp³-hybridized carbons (Fsp3) is 0.222. The third-order valence-electron chi connectivity index (χ3n) is 4.14. The Hall–Kier alpha value is -2.81. The van der Waals surface area contributed by atoms with Gasteiger partial charge in [-0.15, -0.1) is 0 Å². The summed E-state index contributed by atoms with van der Waals surface area (Å²) in [6.07, 6.45) is 4.65. The first kappa shape index (κ1) is 17.6. The maximum absolute atomic E-state index is 12.4. The number of halogens is 1. The second-order valence-electron chi connectivity index (χ2n) is 5.96. The molecule has 0 saturated carbocycles. The predicted octanol–water partition coefficient (Wildman–Crippen LogP) is 2.23. The maximum atomic E-state index is 12.4. The molecule has 4 rings (SSSR count). The maximum Gasteiger partial charge on any atom is 0.276 e. The number of carbonyl (C=O) groups is 1. The molecule has 8 nitrogen and oxygen atoms in total. The van der Waals surface area contributed by atoms with Gasteiger partial charge in [-0.05, 0) is 23.8 Å². The van der Waals surface area contributed by atoms with E-state index >= 15 is 0 Å². The van der Waals surface area contributed by atoms with Gasteiger partial charge in [0.05, 0.1) is 12.7 Å². The van der Waals surface area contributed by atoms with Crippen LogP contribution < -0.4 is 10.6 Å². The van der Waals surface area contributed by atoms with Crippen LogP contribution in [0.15, 0.2) is 48.9 Å². The van der Waals surface area contributed by atoms with Gasteiger partial charge in [-0.3, -0.25) is 4.79 Å². The minimum absolute atomic E-state index is 0.0379. The van der Waals surface area contributed by atoms with Crippen LogP contribution in [0.5, 0.6) is 0 Å². The van der Waals surface area contributed by atoms with Gasteiger partial charge < -0.3 is 15.4 Å². The van der Waals surface area contributed by atoms with Crippen molar-refractivity contribution in [1.82, 2.24) is 25.1 Å². The van der Waals surface area contributed by atoms with E-state index in [0.717, 1.165) is 18.7 Å². The van der Waals surface area contributed by atoms with Gasteiger partial charge in [-0.25, -0.2) is 14.6 Å². The first-order valence-corrected chi connectivity index (χ1v) is 8.85. The van der Waals surface area contributed by atoms with Crippen LogP contribution in [0.2, 0.25) is 5.15 Å². The van der Waals surface area contributed by atoms with Crippen LogP contribution in [-0.2, 0) is 4.74 Å². The van der Waals surface area contributed by atoms with E-state index in [9.17, 15) is 4.79 Å². The molecule has 1 amide bonds. The number of carbonyl (C=O) groups excluding carboxylic acids is 1. The van der Waals surface area contributed by atoms with Crippen LogP contribution >= 0.6 is 11.6 Å². The third kappa shape index (κ3) is 3.97. The average Bonchev–Trinajstić information content (AvgIpc) is 3.20. The Bertz CT molecular complexity index is 937. The van der Waals surface area contributed by atoms with Gasteiger partial charge in [-0.2, -0.15) is 5.10 Å². The van der Waals surface area contributed by atoms with Gasteiger partial charge in [-0.1, -0.05) is 23.7 Å². The summed E-state index contributed by atoms with van der Waals surface area (Å²) in [4.78, 5) is 20.5. The van der Waals surface area contributed by atoms with Gasteiger partial charge in [0, 0.05) is 37.4 Å². The Balaban J connectivity index is 1.44. The van der Waals surface area contributed by atoms with E-state index in [2.05, 4.69) is 25.7 Å². The zero-order chi connectivity index (χ0) is 18.6. The molecular weight excluding hydrogens is 368 g/mol. The monoisotopic (exact) mass is 384 g/mol. The highest BCUT2D eigenvalue weighted by Crippen LogP contribution is 2.21. The Morgan fingerprint density at radius 3 is 2.78 bits per heavy atom. The molecule has 3 aromatic rings. The molecule has 1 atom stereocenters. The van der Waals surface area contributed by atoms with E-state index in [0.29, 0.717) is 18.1 Å². The number of hydrogen-bond donors (Lipinski definition) is 2. The fourth-order valence-corrected chi connectivity index (χ4v) is 2.98. The molecule has 1 aliphatic rings. The van der Waals surface area contributed by atoms with Crippen molar-refractivity contribution in [2.45, 2.75) is 6.10 Å². The standard InChI is InChI=1S/C18H17ClN6O2/c19-16-17(22-7-6-21-16)25-9-5-14(24-25)18(26)23-13-3-1-12(2-4-13)15-11-20-8-10-27-15/h1-7,9,15,20H,8,10-11H2,(H,23,26). The summed E-state index contributed by atoms with van der Waals surface area (Å²) in [5.41, 5.74) is 2.00. The van der Waals surface area contributed by atoms with Gasteiger partial charge in [0.15, 0.2) is 16.7 Å². The highest BCUT2D eigenvalue weighted by molar-refractivity contribution is 6.30. The van der Waals surface area contributed by atoms with E-state index in [1.165, 1.54) is 17.1 Å². The molecule has 1 aliphatic heterocycles. The topological polar surface area (TPSA) is 94.0 Å². The molecule has 0 spiro atoms. The first-order valence-electron chi connectivity index (χ1n) is 8.47. The molecule has 2 N–H and O–H groups in total. The molecule has 0 bridgehead atoms. The quantitative estimate of drug-likeness (QED) is 0.716. The molecule has 1 fully saturated rings. The molecule has 9 heteroatoms. The lowest BCUT2D eigenvalue weighted by molar-refractivity contribution is 0.0277. The number of nitrogens with zero attached hydrogens (tertiary/aromatic N) is 4. The molecule has 1 aromatic carbocycles. The molecule has 2 aromatic heterocycles. The lowest BCUT2D eigenvalue weighted by Crippen LogP contribution is -2.33. The summed E-state index contributed by atoms with van der Waals surface area (Å²) in [6.45, 7) is 2.35. The predicted molar refractivity (Wildman–Crippen MR) is 100 cm³/mol. The molecule has 0 radical (unpaired) electrons. The average molecular weight is 385 g/mol. The number of rotatable bonds is 4. The number of aromatic nitrogens is 4. The van der Waals surface area contributed by atoms with E-state index in [1.807, 2.05) is 24.3 Å². The highest BCUT2D eigenvalue weighted by atomic mass is 35.5. The summed E-state index contributed by atoms with van der Waals surface area (Å²) in [7, 11) is 0. The van der Waals surface area contributed by atoms with Crippen molar-refractivity contribution in [3.63, 3.8) is 0 Å². The first-order chi connectivity index (χ1) is 13.2. The van der Waals surface area contributed by atoms with Crippen LogP contribution in [0.25, 0.3) is 5.82 Å². The van der Waals surface area contributed by atoms with Crippen LogP contribution in [0.3, 0.4) is 0 Å². The van der Waals surface area contributed by atoms with Gasteiger partial charge in [0.2, 0.25) is 0 Å². The third-order valence-corrected chi connectivity index (χ3v) is 4.41. The normalized spacial score (nSPS) is 16.9. The van der Waals surface area contributed by atoms with Crippen molar-refractivity contribution in [2.24, 2.45) is 0 Å². The smallest absolute Gasteiger partial charge is 0.276 e. The van der Waals surface area contributed by atoms with Gasteiger partial charge in [0.25, 0.3) is 5.91 Å². The molecular formula is C18H17ClN6O2. The second-order valence-corrected chi connectivity index (χ2v) is 6.31. The number of morpholine rings is 1. The number of hydrogen-bond acceptors (Lipinski definition) is 6. The second kappa shape index (κ2) is 7.83. The lowest BCUT2D eigenvalue weighted by atomic mass is 10.1. The summed E-state index contributed by atoms with van der Waals surface area (Å²) in [5, 5.41) is 10.6. The minimum Gasteiger partial charge on any atom is -0.371 e. The zero-order valence-electron chi connectivity index (χ0n) is 14.3. The molecule has 1 unspecified atom stereocenters. The largest absolute Gasteiger partial charge is 0.371 e. The number of ether oxygens (including phenoxy) is 1. The SMILES string of the molecule is O=C(Nc1ccc(C2CNCCO2)cc1)c1ccn(-c2nccnc2Cl)n1. The van der Waals surface area contributed by atoms with Crippen LogP contribution in [-0.4, -0.2) is 45.4 Å². The summed E-state index contributed by atoms with van der Waals surface area (Å²) in [5.74, 6) is 0.0424. The van der Waals surface area contributed by atoms with Gasteiger partial charge >= 0.3 is 0 Å². The van der Waals surface area contributed by atoms with Crippen molar-refractivity contribution in [3.05, 3.63) is 65.3 Å². The number of nitrogens with one attached hydrogen (secondary N) is 2. The van der Waals surface area contributed by atoms with E-state index < -0.39 is 0 Å². The van der Waals surface area contributed by atoms with E-state index in [1.54, 1.807) is 12.3 Å². The Kier molecular flexibility index (Phi) is 5.10. The fourth-order valence-electron chi connectivity index (χ4n) is 2.79. The van der Waals surface area contributed by atoms with E-state index in [4.69, 9.17) is 16.3 Å². The van der Waals surface area contributed by atoms with Crippen molar-refractivity contribution in [2.75, 3.05) is 25.0 Å². The van der Waals surface area contributed by atoms with Crippen LogP contribution in [0.1, 0.15) is 22.2 Å². The van der Waals surface area contributed by atoms with Gasteiger partial charge in [0.1, 0.15) is 0 Å². The molecule has 27 heavy (non-hydrogen) atoms. The number of amides is 1. The number of anilines is 1. The summed E-state index contributed by atoms with van der Waals surface area (Å²) < 4.78 is 7.14. The molecule has 3 heterocycles. The zero-order valence-corrected chi connectivity index (χ0v) is 15.1. The van der Waals surface area contributed by atoms with Crippen molar-refractivity contribution in [1.29, 1.82) is 0 Å². The molecule has 138 valence electrons. The summed E-state index contributed by atoms with van der Waals surface area (Å²) in [6, 6.07) is 9.19. The van der Waals surface area contributed by atoms with E-state index in [-0.39, 0.29) is 22.9 Å². The Morgan fingerprint density at radius 2 is 2.04 bits per heavy atom. The van der Waals surface area contributed by atoms with Crippen molar-refractivity contribution in [3.8, 4) is 5.82 Å². The van der Waals surface area contributed by atoms with Crippen LogP contribution in [0, 0.1) is 0 Å². The summed E-state index contributed by atoms with van der Waals surface area (Å²) >= 11 is 6.01. The Labute approximate surface area is 160 Å². The lowest BCUT2D eigenvalue weighted by Gasteiger charge is -2.24. The van der Waals surface area contributed by atoms with Crippen molar-refractivity contribution < 1.29 is 9.53 Å².